The molecule has 3 rings (SSSR count). The number of nitrogens with one attached hydrogen (secondary N) is 1. The molecule has 0 aromatic heterocycles. The maximum Gasteiger partial charge on any atom is 0.416 e. The average Bonchev–Trinajstić information content (AvgIpc) is 2.76. The zero-order valence-corrected chi connectivity index (χ0v) is 17.5. The number of methoxy groups -OCH3 is 1. The second-order valence-corrected chi connectivity index (χ2v) is 7.67. The number of hydrogen-bond acceptors (Lipinski definition) is 3. The number of aliphatic carboxylic acids is 1. The zero-order valence-electron chi connectivity index (χ0n) is 17.5. The summed E-state index contributed by atoms with van der Waals surface area (Å²) in [5.74, 6) is -1.46. The molecule has 178 valence electrons. The first-order chi connectivity index (χ1) is 15.4. The molecule has 0 fully saturated rings. The van der Waals surface area contributed by atoms with Crippen LogP contribution < -0.4 is 5.32 Å². The molecule has 10 heteroatoms. The van der Waals surface area contributed by atoms with Gasteiger partial charge in [-0.15, -0.1) is 0 Å². The van der Waals surface area contributed by atoms with Crippen molar-refractivity contribution in [1.29, 1.82) is 0 Å². The van der Waals surface area contributed by atoms with Crippen molar-refractivity contribution < 1.29 is 41.0 Å². The second kappa shape index (κ2) is 9.18. The van der Waals surface area contributed by atoms with Gasteiger partial charge < -0.3 is 15.2 Å². The van der Waals surface area contributed by atoms with Gasteiger partial charge in [0.15, 0.2) is 0 Å². The molecular weight excluding hydrogens is 452 g/mol. The van der Waals surface area contributed by atoms with Crippen molar-refractivity contribution in [2.45, 2.75) is 18.8 Å². The van der Waals surface area contributed by atoms with E-state index in [0.29, 0.717) is 0 Å². The fourth-order valence-corrected chi connectivity index (χ4v) is 4.24. The molecule has 1 aliphatic rings. The molecule has 0 aliphatic carbocycles. The maximum atomic E-state index is 13.9. The average molecular weight is 473 g/mol. The Hall–Kier alpha value is -2.85. The summed E-state index contributed by atoms with van der Waals surface area (Å²) in [6, 6.07) is 8.81. The van der Waals surface area contributed by atoms with Crippen molar-refractivity contribution in [2.75, 3.05) is 26.8 Å². The summed E-state index contributed by atoms with van der Waals surface area (Å²) in [4.78, 5) is 12.6. The van der Waals surface area contributed by atoms with Crippen LogP contribution in [0.3, 0.4) is 0 Å². The molecule has 4 nitrogen and oxygen atoms in total. The van der Waals surface area contributed by atoms with Crippen molar-refractivity contribution in [3.63, 3.8) is 0 Å². The van der Waals surface area contributed by atoms with Crippen LogP contribution >= 0.6 is 0 Å². The molecule has 1 unspecified atom stereocenters. The third-order valence-electron chi connectivity index (χ3n) is 5.71. The molecule has 0 bridgehead atoms. The summed E-state index contributed by atoms with van der Waals surface area (Å²) >= 11 is 0. The highest BCUT2D eigenvalue weighted by molar-refractivity contribution is 6.05. The highest BCUT2D eigenvalue weighted by atomic mass is 19.4. The highest BCUT2D eigenvalue weighted by Crippen LogP contribution is 2.50. The van der Waals surface area contributed by atoms with Gasteiger partial charge in [-0.2, -0.15) is 26.3 Å². The number of carboxylic acid groups (broad SMARTS) is 1. The van der Waals surface area contributed by atoms with E-state index in [4.69, 9.17) is 4.74 Å². The van der Waals surface area contributed by atoms with Gasteiger partial charge in [-0.3, -0.25) is 4.79 Å². The molecule has 1 atom stereocenters. The summed E-state index contributed by atoms with van der Waals surface area (Å²) in [7, 11) is 1.30. The quantitative estimate of drug-likeness (QED) is 0.556. The fraction of sp³-hybridized carbons (Fsp3) is 0.348. The normalized spacial score (nSPS) is 19.6. The van der Waals surface area contributed by atoms with E-state index in [1.165, 1.54) is 25.3 Å². The molecule has 2 aromatic carbocycles. The molecule has 2 aromatic rings. The van der Waals surface area contributed by atoms with E-state index in [9.17, 15) is 36.2 Å². The summed E-state index contributed by atoms with van der Waals surface area (Å²) < 4.78 is 88.1. The lowest BCUT2D eigenvalue weighted by molar-refractivity contribution is -0.146. The molecule has 2 N–H and O–H groups in total. The predicted molar refractivity (Wildman–Crippen MR) is 109 cm³/mol. The third-order valence-corrected chi connectivity index (χ3v) is 5.71. The van der Waals surface area contributed by atoms with Crippen LogP contribution in [0.1, 0.15) is 28.7 Å². The van der Waals surface area contributed by atoms with Crippen molar-refractivity contribution in [2.24, 2.45) is 5.41 Å². The van der Waals surface area contributed by atoms with Crippen LogP contribution in [0.15, 0.2) is 48.5 Å². The number of carboxylic acids is 1. The number of alkyl halides is 6. The predicted octanol–water partition coefficient (Wildman–Crippen LogP) is 5.35. The Balaban J connectivity index is 2.47. The number of ether oxygens (including phenoxy) is 1. The Kier molecular flexibility index (Phi) is 6.90. The first kappa shape index (κ1) is 24.8. The first-order valence-electron chi connectivity index (χ1n) is 9.93. The van der Waals surface area contributed by atoms with Gasteiger partial charge in [-0.25, -0.2) is 0 Å². The van der Waals surface area contributed by atoms with E-state index < -0.39 is 40.4 Å². The van der Waals surface area contributed by atoms with Crippen LogP contribution in [0.25, 0.3) is 11.1 Å². The Morgan fingerprint density at radius 3 is 2.00 bits per heavy atom. The van der Waals surface area contributed by atoms with E-state index >= 15 is 0 Å². The Morgan fingerprint density at radius 1 is 0.970 bits per heavy atom. The summed E-state index contributed by atoms with van der Waals surface area (Å²) in [5.41, 5.74) is -5.41. The molecule has 33 heavy (non-hydrogen) atoms. The second-order valence-electron chi connectivity index (χ2n) is 7.67. The van der Waals surface area contributed by atoms with Gasteiger partial charge in [0.1, 0.15) is 5.41 Å². The molecule has 0 spiro atoms. The van der Waals surface area contributed by atoms with Crippen LogP contribution in [0.4, 0.5) is 26.3 Å². The van der Waals surface area contributed by atoms with Crippen molar-refractivity contribution in [3.05, 3.63) is 70.8 Å². The SMILES string of the molecule is COCCC1(C(=O)O)CNCC(c2ccccc2C(F)(F)F)=C1c1ccccc1C(F)(F)F. The topological polar surface area (TPSA) is 58.6 Å². The molecular formula is C23H21F6NO3. The Labute approximate surface area is 185 Å². The maximum absolute atomic E-state index is 13.9. The standard InChI is InChI=1S/C23H21F6NO3/c1-33-11-10-21(20(31)32)13-30-12-16(14-6-2-4-8-17(14)22(24,25)26)19(21)15-7-3-5-9-18(15)23(27,28)29/h2-9,30H,10-13H2,1H3,(H,31,32). The summed E-state index contributed by atoms with van der Waals surface area (Å²) in [5, 5.41) is 13.0. The van der Waals surface area contributed by atoms with Crippen LogP contribution in [0.2, 0.25) is 0 Å². The van der Waals surface area contributed by atoms with Crippen molar-refractivity contribution in [1.82, 2.24) is 5.32 Å². The lowest BCUT2D eigenvalue weighted by Gasteiger charge is -2.39. The highest BCUT2D eigenvalue weighted by Gasteiger charge is 2.49. The molecule has 0 radical (unpaired) electrons. The van der Waals surface area contributed by atoms with Gasteiger partial charge in [0.05, 0.1) is 11.1 Å². The minimum atomic E-state index is -4.85. The molecule has 1 heterocycles. The molecule has 1 aliphatic heterocycles. The number of rotatable bonds is 6. The number of hydrogen-bond donors (Lipinski definition) is 2. The fourth-order valence-electron chi connectivity index (χ4n) is 4.24. The van der Waals surface area contributed by atoms with Gasteiger partial charge in [-0.05, 0) is 40.8 Å². The molecule has 0 saturated heterocycles. The van der Waals surface area contributed by atoms with E-state index in [-0.39, 0.29) is 42.8 Å². The zero-order chi connectivity index (χ0) is 24.4. The first-order valence-corrected chi connectivity index (χ1v) is 9.93. The Morgan fingerprint density at radius 2 is 1.48 bits per heavy atom. The van der Waals surface area contributed by atoms with Gasteiger partial charge in [0.25, 0.3) is 0 Å². The van der Waals surface area contributed by atoms with E-state index in [0.717, 1.165) is 30.3 Å². The number of halogens is 6. The van der Waals surface area contributed by atoms with Crippen LogP contribution in [-0.4, -0.2) is 37.9 Å². The van der Waals surface area contributed by atoms with Crippen molar-refractivity contribution in [3.8, 4) is 0 Å². The Bertz CT molecular complexity index is 1060. The minimum Gasteiger partial charge on any atom is -0.481 e. The van der Waals surface area contributed by atoms with Crippen LogP contribution in [0, 0.1) is 5.41 Å². The largest absolute Gasteiger partial charge is 0.481 e. The summed E-state index contributed by atoms with van der Waals surface area (Å²) in [6.45, 7) is -0.638. The van der Waals surface area contributed by atoms with Crippen molar-refractivity contribution >= 4 is 17.1 Å². The third kappa shape index (κ3) is 4.77. The minimum absolute atomic E-state index is 0.125. The van der Waals surface area contributed by atoms with E-state index in [1.54, 1.807) is 0 Å². The van der Waals surface area contributed by atoms with Crippen LogP contribution in [-0.2, 0) is 21.9 Å². The van der Waals surface area contributed by atoms with E-state index in [2.05, 4.69) is 5.32 Å². The smallest absolute Gasteiger partial charge is 0.416 e. The number of benzene rings is 2. The lowest BCUT2D eigenvalue weighted by atomic mass is 9.68. The molecule has 0 amide bonds. The van der Waals surface area contributed by atoms with E-state index in [1.807, 2.05) is 0 Å². The lowest BCUT2D eigenvalue weighted by Crippen LogP contribution is -2.47. The number of carbonyl (C=O) groups is 1. The van der Waals surface area contributed by atoms with Crippen LogP contribution in [0.5, 0.6) is 0 Å². The summed E-state index contributed by atoms with van der Waals surface area (Å²) in [6.07, 6.45) is -9.90. The van der Waals surface area contributed by atoms with Gasteiger partial charge in [-0.1, -0.05) is 36.4 Å². The molecule has 0 saturated carbocycles. The monoisotopic (exact) mass is 473 g/mol. The van der Waals surface area contributed by atoms with Gasteiger partial charge >= 0.3 is 18.3 Å². The van der Waals surface area contributed by atoms with Gasteiger partial charge in [0, 0.05) is 26.8 Å². The van der Waals surface area contributed by atoms with Gasteiger partial charge in [0.2, 0.25) is 0 Å².